The number of methoxy groups -OCH3 is 1. The summed E-state index contributed by atoms with van der Waals surface area (Å²) < 4.78 is 12.6. The van der Waals surface area contributed by atoms with E-state index in [-0.39, 0.29) is 29.1 Å². The Bertz CT molecular complexity index is 1300. The molecule has 0 aliphatic heterocycles. The maximum absolute atomic E-state index is 12.5. The number of aromatic nitrogens is 4. The molecule has 4 N–H and O–H groups in total. The van der Waals surface area contributed by atoms with E-state index >= 15 is 0 Å². The molecule has 2 aromatic carbocycles. The second kappa shape index (κ2) is 8.72. The summed E-state index contributed by atoms with van der Waals surface area (Å²) in [6, 6.07) is 13.8. The predicted molar refractivity (Wildman–Crippen MR) is 122 cm³/mol. The van der Waals surface area contributed by atoms with Crippen molar-refractivity contribution >= 4 is 40.2 Å². The van der Waals surface area contributed by atoms with Gasteiger partial charge in [-0.15, -0.1) is 0 Å². The largest absolute Gasteiger partial charge is 0.497 e. The molecule has 4 aromatic rings. The molecule has 0 bridgehead atoms. The molecule has 164 valence electrons. The Labute approximate surface area is 189 Å². The lowest BCUT2D eigenvalue weighted by Crippen LogP contribution is -2.15. The zero-order chi connectivity index (χ0) is 22.8. The summed E-state index contributed by atoms with van der Waals surface area (Å²) in [5.41, 5.74) is 14.9. The number of halogens is 1. The number of hydrogen-bond donors (Lipinski definition) is 2. The first-order valence-electron chi connectivity index (χ1n) is 9.80. The number of fused-ring (bicyclic) bond motifs is 1. The molecule has 0 aliphatic carbocycles. The van der Waals surface area contributed by atoms with E-state index in [9.17, 15) is 4.79 Å². The molecule has 0 atom stereocenters. The highest BCUT2D eigenvalue weighted by molar-refractivity contribution is 6.31. The van der Waals surface area contributed by atoms with E-state index in [1.165, 1.54) is 0 Å². The fourth-order valence-corrected chi connectivity index (χ4v) is 3.52. The average molecular weight is 453 g/mol. The Kier molecular flexibility index (Phi) is 5.83. The highest BCUT2D eigenvalue weighted by Crippen LogP contribution is 2.27. The molecule has 0 spiro atoms. The molecule has 0 unspecified atom stereocenters. The fourth-order valence-electron chi connectivity index (χ4n) is 3.39. The van der Waals surface area contributed by atoms with Crippen molar-refractivity contribution in [1.29, 1.82) is 0 Å². The summed E-state index contributed by atoms with van der Waals surface area (Å²) in [5, 5.41) is -0.113. The Balaban J connectivity index is 1.60. The van der Waals surface area contributed by atoms with Crippen molar-refractivity contribution in [3.63, 3.8) is 0 Å². The molecule has 4 rings (SSSR count). The summed E-state index contributed by atoms with van der Waals surface area (Å²) in [6.45, 7) is 2.57. The lowest BCUT2D eigenvalue weighted by atomic mass is 10.1. The van der Waals surface area contributed by atoms with Crippen LogP contribution in [-0.4, -0.2) is 32.6 Å². The number of anilines is 2. The second-order valence-corrected chi connectivity index (χ2v) is 7.27. The van der Waals surface area contributed by atoms with Gasteiger partial charge in [-0.1, -0.05) is 29.8 Å². The zero-order valence-electron chi connectivity index (χ0n) is 17.5. The number of imidazole rings is 1. The van der Waals surface area contributed by atoms with Crippen LogP contribution in [0.4, 0.5) is 11.6 Å². The lowest BCUT2D eigenvalue weighted by molar-refractivity contribution is 0.0453. The first kappa shape index (κ1) is 21.4. The number of carbonyl (C=O) groups excluding carboxylic acids is 1. The number of nitrogens with zero attached hydrogens (tertiary/aromatic N) is 4. The molecule has 0 aliphatic rings. The van der Waals surface area contributed by atoms with Crippen LogP contribution in [0, 0.1) is 0 Å². The average Bonchev–Trinajstić information content (AvgIpc) is 3.16. The Hall–Kier alpha value is -3.85. The minimum absolute atomic E-state index is 0.0545. The molecule has 9 nitrogen and oxygen atoms in total. The first-order chi connectivity index (χ1) is 15.4. The van der Waals surface area contributed by atoms with Gasteiger partial charge in [0.05, 0.1) is 18.1 Å². The number of ether oxygens (including phenoxy) is 2. The topological polar surface area (TPSA) is 131 Å². The van der Waals surface area contributed by atoms with Crippen molar-refractivity contribution in [2.75, 3.05) is 18.6 Å². The number of rotatable bonds is 6. The molecule has 10 heteroatoms. The minimum Gasteiger partial charge on any atom is -0.497 e. The van der Waals surface area contributed by atoms with Crippen LogP contribution < -0.4 is 16.2 Å². The Morgan fingerprint density at radius 1 is 1.03 bits per heavy atom. The van der Waals surface area contributed by atoms with Crippen molar-refractivity contribution < 1.29 is 14.3 Å². The maximum Gasteiger partial charge on any atom is 0.361 e. The number of aryl methyl sites for hydroxylation is 1. The van der Waals surface area contributed by atoms with Crippen LogP contribution in [0.5, 0.6) is 5.75 Å². The number of nitrogens with two attached hydrogens (primary N) is 2. The van der Waals surface area contributed by atoms with Crippen molar-refractivity contribution in [2.24, 2.45) is 0 Å². The molecular weight excluding hydrogens is 432 g/mol. The van der Waals surface area contributed by atoms with Crippen LogP contribution in [0.25, 0.3) is 22.2 Å². The molecule has 0 fully saturated rings. The first-order valence-corrected chi connectivity index (χ1v) is 10.2. The van der Waals surface area contributed by atoms with E-state index in [1.807, 2.05) is 47.9 Å². The van der Waals surface area contributed by atoms with Gasteiger partial charge >= 0.3 is 5.97 Å². The minimum atomic E-state index is -0.759. The third kappa shape index (κ3) is 4.02. The number of hydrogen-bond acceptors (Lipinski definition) is 8. The normalized spacial score (nSPS) is 11.0. The summed E-state index contributed by atoms with van der Waals surface area (Å²) >= 11 is 5.85. The van der Waals surface area contributed by atoms with Crippen LogP contribution in [0.1, 0.15) is 23.2 Å². The van der Waals surface area contributed by atoms with E-state index < -0.39 is 5.97 Å². The van der Waals surface area contributed by atoms with Gasteiger partial charge in [-0.2, -0.15) is 0 Å². The molecule has 0 saturated carbocycles. The van der Waals surface area contributed by atoms with Gasteiger partial charge in [0.15, 0.2) is 22.5 Å². The van der Waals surface area contributed by atoms with E-state index in [0.29, 0.717) is 12.4 Å². The summed E-state index contributed by atoms with van der Waals surface area (Å²) in [7, 11) is 1.64. The molecule has 2 aromatic heterocycles. The fraction of sp³-hybridized carbons (Fsp3) is 0.182. The standard InChI is InChI=1S/C22H21ClN6O3/c1-3-29-16-10-13(12-4-7-14(31-2)8-5-12)6-9-15(16)26-17(29)11-32-22(30)18-20(24)28-21(25)19(23)27-18/h4-10H,3,11H2,1-2H3,(H4,24,25,28). The molecule has 0 amide bonds. The third-order valence-electron chi connectivity index (χ3n) is 5.00. The van der Waals surface area contributed by atoms with E-state index in [4.69, 9.17) is 32.5 Å². The number of esters is 1. The van der Waals surface area contributed by atoms with Crippen molar-refractivity contribution in [3.8, 4) is 16.9 Å². The van der Waals surface area contributed by atoms with Gasteiger partial charge in [0, 0.05) is 6.54 Å². The van der Waals surface area contributed by atoms with Crippen LogP contribution in [-0.2, 0) is 17.9 Å². The number of benzene rings is 2. The monoisotopic (exact) mass is 452 g/mol. The van der Waals surface area contributed by atoms with Gasteiger partial charge in [-0.25, -0.2) is 19.7 Å². The van der Waals surface area contributed by atoms with Gasteiger partial charge in [-0.05, 0) is 42.3 Å². The number of nitrogen functional groups attached to an aromatic ring is 2. The van der Waals surface area contributed by atoms with Crippen molar-refractivity contribution in [1.82, 2.24) is 19.5 Å². The Morgan fingerprint density at radius 2 is 1.75 bits per heavy atom. The highest BCUT2D eigenvalue weighted by atomic mass is 35.5. The van der Waals surface area contributed by atoms with Crippen molar-refractivity contribution in [2.45, 2.75) is 20.1 Å². The van der Waals surface area contributed by atoms with Crippen LogP contribution in [0.2, 0.25) is 5.15 Å². The molecule has 2 heterocycles. The van der Waals surface area contributed by atoms with Gasteiger partial charge in [-0.3, -0.25) is 0 Å². The van der Waals surface area contributed by atoms with Gasteiger partial charge in [0.2, 0.25) is 0 Å². The van der Waals surface area contributed by atoms with E-state index in [2.05, 4.69) is 21.0 Å². The van der Waals surface area contributed by atoms with Crippen LogP contribution in [0.3, 0.4) is 0 Å². The summed E-state index contributed by atoms with van der Waals surface area (Å²) in [6.07, 6.45) is 0. The summed E-state index contributed by atoms with van der Waals surface area (Å²) in [4.78, 5) is 24.7. The van der Waals surface area contributed by atoms with Gasteiger partial charge in [0.1, 0.15) is 18.2 Å². The van der Waals surface area contributed by atoms with Crippen LogP contribution in [0.15, 0.2) is 42.5 Å². The lowest BCUT2D eigenvalue weighted by Gasteiger charge is -2.09. The molecule has 0 saturated heterocycles. The van der Waals surface area contributed by atoms with Crippen LogP contribution >= 0.6 is 11.6 Å². The zero-order valence-corrected chi connectivity index (χ0v) is 18.3. The Morgan fingerprint density at radius 3 is 2.44 bits per heavy atom. The smallest absolute Gasteiger partial charge is 0.361 e. The highest BCUT2D eigenvalue weighted by Gasteiger charge is 2.19. The SMILES string of the molecule is CCn1c(COC(=O)c2nc(Cl)c(N)nc2N)nc2ccc(-c3ccc(OC)cc3)cc21. The third-order valence-corrected chi connectivity index (χ3v) is 5.28. The number of carbonyl (C=O) groups is 1. The molecule has 32 heavy (non-hydrogen) atoms. The van der Waals surface area contributed by atoms with E-state index in [0.717, 1.165) is 27.9 Å². The van der Waals surface area contributed by atoms with Crippen molar-refractivity contribution in [3.05, 3.63) is 59.1 Å². The second-order valence-electron chi connectivity index (χ2n) is 6.91. The van der Waals surface area contributed by atoms with Gasteiger partial charge < -0.3 is 25.5 Å². The molecule has 0 radical (unpaired) electrons. The van der Waals surface area contributed by atoms with Gasteiger partial charge in [0.25, 0.3) is 0 Å². The molecular formula is C22H21ClN6O3. The summed E-state index contributed by atoms with van der Waals surface area (Å²) in [5.74, 6) is 0.428. The van der Waals surface area contributed by atoms with E-state index in [1.54, 1.807) is 7.11 Å². The predicted octanol–water partition coefficient (Wildman–Crippen LogP) is 3.70. The quantitative estimate of drug-likeness (QED) is 0.423. The maximum atomic E-state index is 12.5.